The predicted molar refractivity (Wildman–Crippen MR) is 102 cm³/mol. The molecule has 0 spiro atoms. The van der Waals surface area contributed by atoms with Crippen LogP contribution >= 0.6 is 0 Å². The van der Waals surface area contributed by atoms with Crippen LogP contribution in [0.15, 0.2) is 48.8 Å². The maximum atomic E-state index is 4.86. The first-order chi connectivity index (χ1) is 13.0. The Morgan fingerprint density at radius 2 is 1.18 bits per heavy atom. The van der Waals surface area contributed by atoms with Crippen LogP contribution in [0.4, 0.5) is 0 Å². The molecule has 0 aliphatic rings. The molecule has 0 N–H and O–H groups in total. The first-order valence-corrected chi connectivity index (χ1v) is 8.77. The van der Waals surface area contributed by atoms with Crippen LogP contribution in [0, 0.1) is 26.5 Å². The summed E-state index contributed by atoms with van der Waals surface area (Å²) in [5, 5.41) is 0. The van der Waals surface area contributed by atoms with Gasteiger partial charge < -0.3 is 19.1 Å². The Hall–Kier alpha value is -2.59. The van der Waals surface area contributed by atoms with Gasteiger partial charge in [-0.2, -0.15) is 0 Å². The Bertz CT molecular complexity index is 1010. The number of aryl methyl sites for hydroxylation is 2. The molecule has 0 aliphatic heterocycles. The van der Waals surface area contributed by atoms with Gasteiger partial charge in [0.15, 0.2) is 0 Å². The Morgan fingerprint density at radius 3 is 1.54 bits per heavy atom. The normalized spacial score (nSPS) is 11.3. The minimum Gasteiger partial charge on any atom is -0.416 e. The summed E-state index contributed by atoms with van der Waals surface area (Å²) in [6.45, 7) is 8.22. The molecule has 4 rings (SSSR count). The maximum Gasteiger partial charge on any atom is 2.00 e. The van der Waals surface area contributed by atoms with Gasteiger partial charge in [-0.15, -0.1) is 0 Å². The van der Waals surface area contributed by atoms with Gasteiger partial charge in [-0.25, -0.2) is 0 Å². The van der Waals surface area contributed by atoms with Crippen molar-refractivity contribution in [2.45, 2.75) is 33.1 Å². The number of hydrogen-bond acceptors (Lipinski definition) is 4. The van der Waals surface area contributed by atoms with E-state index in [-0.39, 0.29) is 26.5 Å². The number of pyridine rings is 2. The van der Waals surface area contributed by atoms with E-state index in [0.29, 0.717) is 0 Å². The van der Waals surface area contributed by atoms with Crippen molar-refractivity contribution in [1.29, 1.82) is 0 Å². The standard InChI is InChI=1S/C21H20N6.Pt/c1-15-11-22-13-26(15)19-9-5-7-17(24-19)21(3,4)18-8-6-10-20(25-18)27-14-23-12-16(27)2;/h5-12H,1-4H3;/q-2;+2. The average Bonchev–Trinajstić information content (AvgIpc) is 3.30. The van der Waals surface area contributed by atoms with Crippen molar-refractivity contribution in [3.8, 4) is 11.6 Å². The van der Waals surface area contributed by atoms with Gasteiger partial charge in [0, 0.05) is 29.5 Å². The van der Waals surface area contributed by atoms with Gasteiger partial charge in [0.05, 0.1) is 11.6 Å². The van der Waals surface area contributed by atoms with E-state index in [1.807, 2.05) is 59.4 Å². The van der Waals surface area contributed by atoms with E-state index in [4.69, 9.17) is 9.97 Å². The topological polar surface area (TPSA) is 61.4 Å². The molecule has 0 radical (unpaired) electrons. The van der Waals surface area contributed by atoms with Gasteiger partial charge in [0.25, 0.3) is 0 Å². The van der Waals surface area contributed by atoms with Crippen molar-refractivity contribution in [3.05, 3.63) is 84.2 Å². The van der Waals surface area contributed by atoms with Crippen LogP contribution in [0.25, 0.3) is 11.6 Å². The molecule has 0 unspecified atom stereocenters. The summed E-state index contributed by atoms with van der Waals surface area (Å²) >= 11 is 0. The molecule has 28 heavy (non-hydrogen) atoms. The second-order valence-corrected chi connectivity index (χ2v) is 7.06. The average molecular weight is 552 g/mol. The first kappa shape index (κ1) is 20.2. The molecular formula is C21H20N6Pt. The van der Waals surface area contributed by atoms with Crippen molar-refractivity contribution in [2.24, 2.45) is 0 Å². The molecule has 0 aliphatic carbocycles. The summed E-state index contributed by atoms with van der Waals surface area (Å²) in [4.78, 5) is 17.9. The third-order valence-electron chi connectivity index (χ3n) is 4.73. The fraction of sp³-hybridized carbons (Fsp3) is 0.238. The predicted octanol–water partition coefficient (Wildman–Crippen LogP) is 3.39. The molecule has 4 heterocycles. The number of imidazole rings is 2. The molecule has 7 heteroatoms. The number of nitrogens with zero attached hydrogens (tertiary/aromatic N) is 6. The Kier molecular flexibility index (Phi) is 5.61. The molecule has 0 fully saturated rings. The Morgan fingerprint density at radius 1 is 0.750 bits per heavy atom. The summed E-state index contributed by atoms with van der Waals surface area (Å²) < 4.78 is 3.71. The van der Waals surface area contributed by atoms with E-state index >= 15 is 0 Å². The van der Waals surface area contributed by atoms with Crippen LogP contribution in [-0.2, 0) is 26.5 Å². The summed E-state index contributed by atoms with van der Waals surface area (Å²) in [5.74, 6) is 1.59. The van der Waals surface area contributed by atoms with Crippen LogP contribution in [0.2, 0.25) is 0 Å². The molecule has 0 amide bonds. The van der Waals surface area contributed by atoms with E-state index < -0.39 is 0 Å². The van der Waals surface area contributed by atoms with Gasteiger partial charge in [-0.3, -0.25) is 9.97 Å². The van der Waals surface area contributed by atoms with Crippen molar-refractivity contribution in [1.82, 2.24) is 29.1 Å². The van der Waals surface area contributed by atoms with Crippen LogP contribution in [0.5, 0.6) is 0 Å². The second kappa shape index (κ2) is 7.80. The largest absolute Gasteiger partial charge is 2.00 e. The molecule has 0 aromatic carbocycles. The molecule has 4 aromatic heterocycles. The third-order valence-corrected chi connectivity index (χ3v) is 4.73. The first-order valence-electron chi connectivity index (χ1n) is 8.77. The van der Waals surface area contributed by atoms with Crippen LogP contribution in [0.1, 0.15) is 36.6 Å². The van der Waals surface area contributed by atoms with Crippen molar-refractivity contribution in [3.63, 3.8) is 0 Å². The second-order valence-electron chi connectivity index (χ2n) is 7.06. The summed E-state index contributed by atoms with van der Waals surface area (Å²) in [5.41, 5.74) is 3.46. The van der Waals surface area contributed by atoms with Gasteiger partial charge in [-0.1, -0.05) is 61.9 Å². The molecule has 0 saturated heterocycles. The van der Waals surface area contributed by atoms with Crippen molar-refractivity contribution >= 4 is 0 Å². The van der Waals surface area contributed by atoms with Crippen molar-refractivity contribution in [2.75, 3.05) is 0 Å². The van der Waals surface area contributed by atoms with E-state index in [0.717, 1.165) is 34.4 Å². The quantitative estimate of drug-likeness (QED) is 0.365. The molecule has 0 atom stereocenters. The Labute approximate surface area is 179 Å². The van der Waals surface area contributed by atoms with Gasteiger partial charge >= 0.3 is 21.1 Å². The molecular weight excluding hydrogens is 531 g/mol. The maximum absolute atomic E-state index is 4.86. The summed E-state index contributed by atoms with van der Waals surface area (Å²) in [7, 11) is 0. The fourth-order valence-electron chi connectivity index (χ4n) is 3.02. The van der Waals surface area contributed by atoms with Gasteiger partial charge in [0.2, 0.25) is 0 Å². The monoisotopic (exact) mass is 551 g/mol. The number of rotatable bonds is 4. The smallest absolute Gasteiger partial charge is 0.416 e. The molecule has 0 bridgehead atoms. The minimum absolute atomic E-state index is 0. The van der Waals surface area contributed by atoms with E-state index in [2.05, 4.69) is 36.5 Å². The molecule has 144 valence electrons. The minimum atomic E-state index is -0.380. The zero-order valence-corrected chi connectivity index (χ0v) is 18.4. The van der Waals surface area contributed by atoms with Gasteiger partial charge in [0.1, 0.15) is 0 Å². The van der Waals surface area contributed by atoms with Crippen LogP contribution < -0.4 is 0 Å². The zero-order valence-electron chi connectivity index (χ0n) is 16.1. The van der Waals surface area contributed by atoms with Gasteiger partial charge in [-0.05, 0) is 26.0 Å². The molecule has 6 nitrogen and oxygen atoms in total. The molecule has 4 aromatic rings. The number of hydrogen-bond donors (Lipinski definition) is 0. The van der Waals surface area contributed by atoms with E-state index in [9.17, 15) is 0 Å². The number of aromatic nitrogens is 6. The summed E-state index contributed by atoms with van der Waals surface area (Å²) in [6, 6.07) is 12.0. The molecule has 0 saturated carbocycles. The van der Waals surface area contributed by atoms with Crippen molar-refractivity contribution < 1.29 is 21.1 Å². The SMILES string of the molecule is Cc1cn[c-]n1-c1cccc(C(C)(C)c2cccc(-n3[c-]ncc3C)n2)n1.[Pt+2]. The van der Waals surface area contributed by atoms with Crippen LogP contribution in [-0.4, -0.2) is 29.1 Å². The summed E-state index contributed by atoms with van der Waals surface area (Å²) in [6.07, 6.45) is 9.44. The van der Waals surface area contributed by atoms with Crippen LogP contribution in [0.3, 0.4) is 0 Å². The fourth-order valence-corrected chi connectivity index (χ4v) is 3.02. The van der Waals surface area contributed by atoms with E-state index in [1.54, 1.807) is 12.4 Å². The van der Waals surface area contributed by atoms with E-state index in [1.165, 1.54) is 0 Å². The zero-order chi connectivity index (χ0) is 19.0. The third kappa shape index (κ3) is 3.57. The Balaban J connectivity index is 0.00000225.